The summed E-state index contributed by atoms with van der Waals surface area (Å²) < 4.78 is 0. The fraction of sp³-hybridized carbons (Fsp3) is 0.812. The predicted molar refractivity (Wildman–Crippen MR) is 76.2 cm³/mol. The number of hydrogen-bond acceptors (Lipinski definition) is 1. The van der Waals surface area contributed by atoms with E-state index in [4.69, 9.17) is 0 Å². The molecule has 0 saturated heterocycles. The molecular weight excluding hydrogens is 208 g/mol. The Kier molecular flexibility index (Phi) is 10.2. The van der Waals surface area contributed by atoms with Gasteiger partial charge in [0.15, 0.2) is 5.78 Å². The molecule has 0 unspecified atom stereocenters. The minimum Gasteiger partial charge on any atom is -0.295 e. The molecule has 0 atom stereocenters. The third-order valence-electron chi connectivity index (χ3n) is 3.03. The average molecular weight is 238 g/mol. The molecule has 0 aromatic carbocycles. The van der Waals surface area contributed by atoms with Gasteiger partial charge in [-0.1, -0.05) is 59.0 Å². The number of Topliss-reactive ketones (excluding diaryl/α,β-unsaturated/α-hetero) is 1. The number of ketones is 1. The lowest BCUT2D eigenvalue weighted by Crippen LogP contribution is -2.01. The van der Waals surface area contributed by atoms with E-state index < -0.39 is 0 Å². The summed E-state index contributed by atoms with van der Waals surface area (Å²) in [5.41, 5.74) is 1.04. The van der Waals surface area contributed by atoms with Gasteiger partial charge >= 0.3 is 0 Å². The molecule has 0 radical (unpaired) electrons. The molecule has 0 N–H and O–H groups in total. The maximum atomic E-state index is 11.4. The Bertz CT molecular complexity index is 226. The third-order valence-corrected chi connectivity index (χ3v) is 3.03. The molecule has 1 nitrogen and oxygen atoms in total. The van der Waals surface area contributed by atoms with Gasteiger partial charge in [0.1, 0.15) is 0 Å². The first-order valence-electron chi connectivity index (χ1n) is 7.27. The summed E-state index contributed by atoms with van der Waals surface area (Å²) in [5, 5.41) is 0. The van der Waals surface area contributed by atoms with Crippen LogP contribution in [0.2, 0.25) is 0 Å². The van der Waals surface area contributed by atoms with Gasteiger partial charge in [-0.25, -0.2) is 0 Å². The van der Waals surface area contributed by atoms with Crippen LogP contribution in [0.5, 0.6) is 0 Å². The third kappa shape index (κ3) is 10.3. The molecule has 0 aliphatic rings. The monoisotopic (exact) mass is 238 g/mol. The van der Waals surface area contributed by atoms with Gasteiger partial charge in [0, 0.05) is 0 Å². The normalized spacial score (nSPS) is 12.2. The van der Waals surface area contributed by atoms with E-state index in [1.54, 1.807) is 6.92 Å². The van der Waals surface area contributed by atoms with Crippen molar-refractivity contribution >= 4 is 5.78 Å². The highest BCUT2D eigenvalue weighted by Crippen LogP contribution is 2.14. The van der Waals surface area contributed by atoms with E-state index in [9.17, 15) is 4.79 Å². The zero-order valence-corrected chi connectivity index (χ0v) is 12.2. The lowest BCUT2D eigenvalue weighted by molar-refractivity contribution is -0.113. The first kappa shape index (κ1) is 16.4. The van der Waals surface area contributed by atoms with Crippen LogP contribution in [0, 0.1) is 5.92 Å². The first-order valence-corrected chi connectivity index (χ1v) is 7.27. The second-order valence-corrected chi connectivity index (χ2v) is 5.44. The lowest BCUT2D eigenvalue weighted by atomic mass is 9.98. The highest BCUT2D eigenvalue weighted by atomic mass is 16.1. The van der Waals surface area contributed by atoms with Crippen molar-refractivity contribution in [2.45, 2.75) is 79.1 Å². The van der Waals surface area contributed by atoms with E-state index in [0.29, 0.717) is 5.92 Å². The summed E-state index contributed by atoms with van der Waals surface area (Å²) >= 11 is 0. The van der Waals surface area contributed by atoms with Gasteiger partial charge in [-0.05, 0) is 37.7 Å². The quantitative estimate of drug-likeness (QED) is 0.373. The summed E-state index contributed by atoms with van der Waals surface area (Å²) in [4.78, 5) is 11.4. The Hall–Kier alpha value is -0.590. The van der Waals surface area contributed by atoms with Gasteiger partial charge in [0.05, 0.1) is 0 Å². The molecule has 0 fully saturated rings. The van der Waals surface area contributed by atoms with Gasteiger partial charge in [0.25, 0.3) is 0 Å². The fourth-order valence-electron chi connectivity index (χ4n) is 2.01. The molecule has 0 saturated carbocycles. The minimum atomic E-state index is 0.254. The van der Waals surface area contributed by atoms with Crippen LogP contribution in [0.4, 0.5) is 0 Å². The molecule has 100 valence electrons. The smallest absolute Gasteiger partial charge is 0.155 e. The topological polar surface area (TPSA) is 17.1 Å². The van der Waals surface area contributed by atoms with E-state index in [2.05, 4.69) is 26.8 Å². The number of allylic oxidation sites excluding steroid dienone is 2. The van der Waals surface area contributed by atoms with E-state index in [1.807, 2.05) is 0 Å². The maximum absolute atomic E-state index is 11.4. The van der Waals surface area contributed by atoms with E-state index >= 15 is 0 Å². The second-order valence-electron chi connectivity index (χ2n) is 5.44. The SMILES string of the molecule is CCCCCCCC/C=C(/CC(C)C)C(C)=O. The van der Waals surface area contributed by atoms with Crippen molar-refractivity contribution in [2.75, 3.05) is 0 Å². The largest absolute Gasteiger partial charge is 0.295 e. The van der Waals surface area contributed by atoms with E-state index in [1.165, 1.54) is 38.5 Å². The number of rotatable bonds is 10. The van der Waals surface area contributed by atoms with Crippen molar-refractivity contribution in [3.8, 4) is 0 Å². The van der Waals surface area contributed by atoms with Gasteiger partial charge in [-0.15, -0.1) is 0 Å². The Morgan fingerprint density at radius 1 is 1.06 bits per heavy atom. The summed E-state index contributed by atoms with van der Waals surface area (Å²) in [7, 11) is 0. The van der Waals surface area contributed by atoms with Crippen LogP contribution >= 0.6 is 0 Å². The van der Waals surface area contributed by atoms with E-state index in [0.717, 1.165) is 18.4 Å². The summed E-state index contributed by atoms with van der Waals surface area (Å²) in [6.07, 6.45) is 12.1. The molecule has 0 aliphatic carbocycles. The Morgan fingerprint density at radius 2 is 1.65 bits per heavy atom. The molecule has 17 heavy (non-hydrogen) atoms. The van der Waals surface area contributed by atoms with Crippen molar-refractivity contribution in [1.29, 1.82) is 0 Å². The number of carbonyl (C=O) groups excluding carboxylic acids is 1. The Labute approximate surface area is 108 Å². The molecule has 0 bridgehead atoms. The van der Waals surface area contributed by atoms with Crippen LogP contribution in [-0.4, -0.2) is 5.78 Å². The molecule has 0 aromatic heterocycles. The molecule has 0 rings (SSSR count). The summed E-state index contributed by atoms with van der Waals surface area (Å²) in [6, 6.07) is 0. The summed E-state index contributed by atoms with van der Waals surface area (Å²) in [5.74, 6) is 0.833. The Morgan fingerprint density at radius 3 is 2.18 bits per heavy atom. The number of hydrogen-bond donors (Lipinski definition) is 0. The molecule has 1 heteroatoms. The predicted octanol–water partition coefficient (Wildman–Crippen LogP) is 5.30. The van der Waals surface area contributed by atoms with E-state index in [-0.39, 0.29) is 5.78 Å². The van der Waals surface area contributed by atoms with Crippen LogP contribution in [-0.2, 0) is 4.79 Å². The Balaban J connectivity index is 3.74. The molecule has 0 spiro atoms. The van der Waals surface area contributed by atoms with Crippen molar-refractivity contribution in [3.05, 3.63) is 11.6 Å². The fourth-order valence-corrected chi connectivity index (χ4v) is 2.01. The average Bonchev–Trinajstić information content (AvgIpc) is 2.25. The number of carbonyl (C=O) groups is 1. The molecular formula is C16H30O. The zero-order valence-electron chi connectivity index (χ0n) is 12.2. The zero-order chi connectivity index (χ0) is 13.1. The molecule has 0 heterocycles. The van der Waals surface area contributed by atoms with Crippen molar-refractivity contribution in [3.63, 3.8) is 0 Å². The maximum Gasteiger partial charge on any atom is 0.155 e. The van der Waals surface area contributed by atoms with Gasteiger partial charge in [-0.3, -0.25) is 4.79 Å². The van der Waals surface area contributed by atoms with Crippen molar-refractivity contribution < 1.29 is 4.79 Å². The highest BCUT2D eigenvalue weighted by molar-refractivity contribution is 5.93. The van der Waals surface area contributed by atoms with Crippen molar-refractivity contribution in [2.24, 2.45) is 5.92 Å². The van der Waals surface area contributed by atoms with Crippen LogP contribution in [0.15, 0.2) is 11.6 Å². The lowest BCUT2D eigenvalue weighted by Gasteiger charge is -2.07. The van der Waals surface area contributed by atoms with Crippen LogP contribution < -0.4 is 0 Å². The molecule has 0 amide bonds. The van der Waals surface area contributed by atoms with Crippen LogP contribution in [0.25, 0.3) is 0 Å². The van der Waals surface area contributed by atoms with Gasteiger partial charge in [-0.2, -0.15) is 0 Å². The van der Waals surface area contributed by atoms with Crippen LogP contribution in [0.3, 0.4) is 0 Å². The molecule has 0 aliphatic heterocycles. The van der Waals surface area contributed by atoms with Crippen molar-refractivity contribution in [1.82, 2.24) is 0 Å². The van der Waals surface area contributed by atoms with Gasteiger partial charge in [0.2, 0.25) is 0 Å². The van der Waals surface area contributed by atoms with Gasteiger partial charge < -0.3 is 0 Å². The molecule has 0 aromatic rings. The van der Waals surface area contributed by atoms with Crippen LogP contribution in [0.1, 0.15) is 79.1 Å². The highest BCUT2D eigenvalue weighted by Gasteiger charge is 2.05. The summed E-state index contributed by atoms with van der Waals surface area (Å²) in [6.45, 7) is 8.27. The number of unbranched alkanes of at least 4 members (excludes halogenated alkanes) is 6. The standard InChI is InChI=1S/C16H30O/c1-5-6-7-8-9-10-11-12-16(15(4)17)13-14(2)3/h12,14H,5-11,13H2,1-4H3/b16-12-. The second kappa shape index (κ2) is 10.6. The minimum absolute atomic E-state index is 0.254. The first-order chi connectivity index (χ1) is 8.07.